The molecule has 0 aliphatic rings. The second-order valence-corrected chi connectivity index (χ2v) is 7.38. The maximum absolute atomic E-state index is 13.6. The van der Waals surface area contributed by atoms with Crippen molar-refractivity contribution in [1.29, 1.82) is 0 Å². The van der Waals surface area contributed by atoms with E-state index in [0.717, 1.165) is 22.6 Å². The number of hydrogen-bond acceptors (Lipinski definition) is 4. The number of anilines is 1. The molecule has 0 aliphatic heterocycles. The number of para-hydroxylation sites is 1. The van der Waals surface area contributed by atoms with Gasteiger partial charge in [-0.1, -0.05) is 65.8 Å². The Kier molecular flexibility index (Phi) is 6.13. The van der Waals surface area contributed by atoms with E-state index in [2.05, 4.69) is 5.16 Å². The minimum atomic E-state index is -0.227. The lowest BCUT2D eigenvalue weighted by Crippen LogP contribution is -2.31. The third-order valence-electron chi connectivity index (χ3n) is 5.06. The SMILES string of the molecule is Cc1cccc(OCc2c(C(=O)N(Cc3ccccc3)c3ccccc3)noc2C)c1. The highest BCUT2D eigenvalue weighted by atomic mass is 16.5. The second-order valence-electron chi connectivity index (χ2n) is 7.38. The molecule has 1 amide bonds. The van der Waals surface area contributed by atoms with E-state index in [0.29, 0.717) is 17.9 Å². The number of benzene rings is 3. The Hall–Kier alpha value is -3.86. The Balaban J connectivity index is 1.62. The molecule has 0 radical (unpaired) electrons. The number of aryl methyl sites for hydroxylation is 2. The van der Waals surface area contributed by atoms with Crippen LogP contribution in [-0.4, -0.2) is 11.1 Å². The first-order valence-corrected chi connectivity index (χ1v) is 10.2. The number of nitrogens with zero attached hydrogens (tertiary/aromatic N) is 2. The topological polar surface area (TPSA) is 55.6 Å². The van der Waals surface area contributed by atoms with Gasteiger partial charge in [0.05, 0.1) is 12.1 Å². The van der Waals surface area contributed by atoms with Gasteiger partial charge in [0.1, 0.15) is 18.1 Å². The van der Waals surface area contributed by atoms with Crippen LogP contribution in [0.25, 0.3) is 0 Å². The van der Waals surface area contributed by atoms with E-state index in [9.17, 15) is 4.79 Å². The van der Waals surface area contributed by atoms with Crippen LogP contribution in [0.5, 0.6) is 5.75 Å². The molecule has 0 aliphatic carbocycles. The van der Waals surface area contributed by atoms with Gasteiger partial charge in [0.15, 0.2) is 5.69 Å². The number of amides is 1. The molecule has 1 heterocycles. The van der Waals surface area contributed by atoms with Crippen molar-refractivity contribution in [3.63, 3.8) is 0 Å². The van der Waals surface area contributed by atoms with Gasteiger partial charge in [-0.2, -0.15) is 0 Å². The molecule has 0 bridgehead atoms. The summed E-state index contributed by atoms with van der Waals surface area (Å²) in [7, 11) is 0. The van der Waals surface area contributed by atoms with Crippen LogP contribution in [0.4, 0.5) is 5.69 Å². The van der Waals surface area contributed by atoms with Crippen LogP contribution in [0.3, 0.4) is 0 Å². The van der Waals surface area contributed by atoms with Crippen molar-refractivity contribution in [2.45, 2.75) is 27.0 Å². The monoisotopic (exact) mass is 412 g/mol. The fourth-order valence-corrected chi connectivity index (χ4v) is 3.37. The van der Waals surface area contributed by atoms with E-state index in [-0.39, 0.29) is 18.2 Å². The van der Waals surface area contributed by atoms with Crippen LogP contribution in [0.1, 0.15) is 32.9 Å². The minimum Gasteiger partial charge on any atom is -0.489 e. The van der Waals surface area contributed by atoms with Crippen LogP contribution >= 0.6 is 0 Å². The maximum Gasteiger partial charge on any atom is 0.281 e. The molecule has 5 nitrogen and oxygen atoms in total. The fraction of sp³-hybridized carbons (Fsp3) is 0.154. The lowest BCUT2D eigenvalue weighted by atomic mass is 10.1. The zero-order valence-corrected chi connectivity index (χ0v) is 17.6. The van der Waals surface area contributed by atoms with E-state index >= 15 is 0 Å². The number of carbonyl (C=O) groups excluding carboxylic acids is 1. The fourth-order valence-electron chi connectivity index (χ4n) is 3.37. The molecule has 4 rings (SSSR count). The highest BCUT2D eigenvalue weighted by molar-refractivity contribution is 6.05. The standard InChI is InChI=1S/C26H24N2O3/c1-19-10-9-15-23(16-19)30-18-24-20(2)31-27-25(24)26(29)28(22-13-7-4-8-14-22)17-21-11-5-3-6-12-21/h3-16H,17-18H2,1-2H3. The largest absolute Gasteiger partial charge is 0.489 e. The van der Waals surface area contributed by atoms with E-state index in [4.69, 9.17) is 9.26 Å². The lowest BCUT2D eigenvalue weighted by molar-refractivity contribution is 0.0974. The molecular formula is C26H24N2O3. The molecule has 4 aromatic rings. The molecule has 0 saturated carbocycles. The first-order valence-electron chi connectivity index (χ1n) is 10.2. The third-order valence-corrected chi connectivity index (χ3v) is 5.06. The maximum atomic E-state index is 13.6. The van der Waals surface area contributed by atoms with E-state index in [1.165, 1.54) is 0 Å². The predicted octanol–water partition coefficient (Wildman–Crippen LogP) is 5.72. The summed E-state index contributed by atoms with van der Waals surface area (Å²) in [5.41, 5.74) is 3.85. The van der Waals surface area contributed by atoms with Gasteiger partial charge in [0.25, 0.3) is 5.91 Å². The molecule has 3 aromatic carbocycles. The quantitative estimate of drug-likeness (QED) is 0.390. The van der Waals surface area contributed by atoms with Gasteiger partial charge in [-0.05, 0) is 49.2 Å². The van der Waals surface area contributed by atoms with Gasteiger partial charge < -0.3 is 14.2 Å². The molecule has 5 heteroatoms. The molecule has 0 N–H and O–H groups in total. The Bertz CT molecular complexity index is 1150. The van der Waals surface area contributed by atoms with Gasteiger partial charge in [-0.3, -0.25) is 4.79 Å². The summed E-state index contributed by atoms with van der Waals surface area (Å²) >= 11 is 0. The van der Waals surface area contributed by atoms with Crippen molar-refractivity contribution in [1.82, 2.24) is 5.16 Å². The van der Waals surface area contributed by atoms with Crippen LogP contribution < -0.4 is 9.64 Å². The van der Waals surface area contributed by atoms with Crippen molar-refractivity contribution in [3.05, 3.63) is 113 Å². The molecular weight excluding hydrogens is 388 g/mol. The zero-order chi connectivity index (χ0) is 21.6. The van der Waals surface area contributed by atoms with Crippen molar-refractivity contribution in [2.24, 2.45) is 0 Å². The van der Waals surface area contributed by atoms with Crippen molar-refractivity contribution < 1.29 is 14.1 Å². The van der Waals surface area contributed by atoms with Crippen LogP contribution in [-0.2, 0) is 13.2 Å². The lowest BCUT2D eigenvalue weighted by Gasteiger charge is -2.22. The van der Waals surface area contributed by atoms with Gasteiger partial charge in [0, 0.05) is 5.69 Å². The van der Waals surface area contributed by atoms with E-state index in [1.54, 1.807) is 11.8 Å². The number of hydrogen-bond donors (Lipinski definition) is 0. The number of carbonyl (C=O) groups is 1. The highest BCUT2D eigenvalue weighted by Gasteiger charge is 2.26. The summed E-state index contributed by atoms with van der Waals surface area (Å²) in [4.78, 5) is 15.3. The molecule has 0 atom stereocenters. The summed E-state index contributed by atoms with van der Waals surface area (Å²) in [5.74, 6) is 1.08. The van der Waals surface area contributed by atoms with E-state index in [1.807, 2.05) is 91.9 Å². The van der Waals surface area contributed by atoms with E-state index < -0.39 is 0 Å². The summed E-state index contributed by atoms with van der Waals surface area (Å²) in [6, 6.07) is 27.3. The average Bonchev–Trinajstić information content (AvgIpc) is 3.17. The summed E-state index contributed by atoms with van der Waals surface area (Å²) in [6.45, 7) is 4.43. The van der Waals surface area contributed by atoms with Gasteiger partial charge >= 0.3 is 0 Å². The number of rotatable bonds is 7. The minimum absolute atomic E-state index is 0.202. The van der Waals surface area contributed by atoms with Gasteiger partial charge in [0.2, 0.25) is 0 Å². The molecule has 156 valence electrons. The number of ether oxygens (including phenoxy) is 1. The third kappa shape index (κ3) is 4.83. The first kappa shape index (κ1) is 20.4. The van der Waals surface area contributed by atoms with Crippen LogP contribution in [0.2, 0.25) is 0 Å². The molecule has 0 spiro atoms. The normalized spacial score (nSPS) is 10.6. The molecule has 0 unspecified atom stereocenters. The Morgan fingerprint density at radius 2 is 1.65 bits per heavy atom. The van der Waals surface area contributed by atoms with Gasteiger partial charge in [-0.25, -0.2) is 0 Å². The predicted molar refractivity (Wildman–Crippen MR) is 120 cm³/mol. The summed E-state index contributed by atoms with van der Waals surface area (Å²) in [6.07, 6.45) is 0. The molecule has 0 saturated heterocycles. The smallest absolute Gasteiger partial charge is 0.281 e. The van der Waals surface area contributed by atoms with Crippen molar-refractivity contribution in [2.75, 3.05) is 4.90 Å². The zero-order valence-electron chi connectivity index (χ0n) is 17.6. The Morgan fingerprint density at radius 1 is 0.935 bits per heavy atom. The van der Waals surface area contributed by atoms with Crippen LogP contribution in [0.15, 0.2) is 89.5 Å². The van der Waals surface area contributed by atoms with Crippen molar-refractivity contribution in [3.8, 4) is 5.75 Å². The Labute approximate surface area is 181 Å². The molecule has 0 fully saturated rings. The van der Waals surface area contributed by atoms with Crippen LogP contribution in [0, 0.1) is 13.8 Å². The highest BCUT2D eigenvalue weighted by Crippen LogP contribution is 2.24. The van der Waals surface area contributed by atoms with Crippen molar-refractivity contribution >= 4 is 11.6 Å². The average molecular weight is 412 g/mol. The molecule has 1 aromatic heterocycles. The summed E-state index contributed by atoms with van der Waals surface area (Å²) in [5, 5.41) is 4.09. The summed E-state index contributed by atoms with van der Waals surface area (Å²) < 4.78 is 11.3. The van der Waals surface area contributed by atoms with Gasteiger partial charge in [-0.15, -0.1) is 0 Å². The second kappa shape index (κ2) is 9.30. The Morgan fingerprint density at radius 3 is 2.35 bits per heavy atom. The first-order chi connectivity index (χ1) is 15.1. The molecule has 31 heavy (non-hydrogen) atoms. The number of aromatic nitrogens is 1.